The van der Waals surface area contributed by atoms with E-state index in [1.165, 1.54) is 6.07 Å². The fourth-order valence-electron chi connectivity index (χ4n) is 3.89. The number of carbonyl (C=O) groups is 1. The Hall–Kier alpha value is -2.99. The monoisotopic (exact) mass is 469 g/mol. The highest BCUT2D eigenvalue weighted by molar-refractivity contribution is 5.97. The first-order valence-electron chi connectivity index (χ1n) is 11.3. The number of hydrogen-bond acceptors (Lipinski definition) is 6. The standard InChI is InChI=1S/C26H32FN3O4/c1-18-14-30(19(2)17-31)26(32)22-12-20(8-7-11-33-4)13-28-25(22)34-24(18)16-29(3)15-21-9-5-6-10-23(21)27/h5-6,9-10,12-13,18-19,24,31H,11,14-17H2,1-4H3/t18-,19+,24-/m0/s1. The van der Waals surface area contributed by atoms with Crippen molar-refractivity contribution in [1.29, 1.82) is 0 Å². The van der Waals surface area contributed by atoms with Crippen molar-refractivity contribution in [3.8, 4) is 17.7 Å². The lowest BCUT2D eigenvalue weighted by Crippen LogP contribution is -2.49. The van der Waals surface area contributed by atoms with E-state index in [0.717, 1.165) is 0 Å². The van der Waals surface area contributed by atoms with Crippen molar-refractivity contribution >= 4 is 5.91 Å². The summed E-state index contributed by atoms with van der Waals surface area (Å²) in [4.78, 5) is 21.5. The van der Waals surface area contributed by atoms with Gasteiger partial charge in [0, 0.05) is 50.0 Å². The number of carbonyl (C=O) groups excluding carboxylic acids is 1. The molecule has 1 aromatic carbocycles. The second kappa shape index (κ2) is 11.9. The van der Waals surface area contributed by atoms with Gasteiger partial charge in [-0.05, 0) is 26.1 Å². The third-order valence-electron chi connectivity index (χ3n) is 5.86. The normalized spacial score (nSPS) is 18.9. The first-order valence-corrected chi connectivity index (χ1v) is 11.3. The van der Waals surface area contributed by atoms with Crippen LogP contribution in [-0.2, 0) is 11.3 Å². The van der Waals surface area contributed by atoms with Crippen molar-refractivity contribution < 1.29 is 23.8 Å². The number of pyridine rings is 1. The number of aliphatic hydroxyl groups is 1. The number of likely N-dealkylation sites (N-methyl/N-ethyl adjacent to an activating group) is 1. The van der Waals surface area contributed by atoms with E-state index in [2.05, 4.69) is 16.8 Å². The fraction of sp³-hybridized carbons (Fsp3) is 0.462. The van der Waals surface area contributed by atoms with Gasteiger partial charge in [0.2, 0.25) is 5.88 Å². The maximum atomic E-state index is 14.1. The molecule has 2 heterocycles. The van der Waals surface area contributed by atoms with Crippen molar-refractivity contribution in [2.75, 3.05) is 40.5 Å². The molecule has 7 nitrogen and oxygen atoms in total. The molecule has 1 aromatic heterocycles. The SMILES string of the molecule is COCC#Cc1cnc2c(c1)C(=O)N([C@H](C)CO)C[C@H](C)[C@H](CN(C)Cc1ccccc1F)O2. The second-order valence-electron chi connectivity index (χ2n) is 8.72. The highest BCUT2D eigenvalue weighted by Crippen LogP contribution is 2.27. The highest BCUT2D eigenvalue weighted by Gasteiger charge is 2.34. The van der Waals surface area contributed by atoms with Gasteiger partial charge in [-0.3, -0.25) is 9.69 Å². The van der Waals surface area contributed by atoms with Gasteiger partial charge in [0.15, 0.2) is 0 Å². The van der Waals surface area contributed by atoms with E-state index in [9.17, 15) is 14.3 Å². The van der Waals surface area contributed by atoms with Crippen LogP contribution in [0.5, 0.6) is 5.88 Å². The van der Waals surface area contributed by atoms with Crippen LogP contribution in [-0.4, -0.2) is 78.4 Å². The molecule has 182 valence electrons. The second-order valence-corrected chi connectivity index (χ2v) is 8.72. The number of rotatable bonds is 7. The molecule has 8 heteroatoms. The molecule has 0 saturated carbocycles. The number of aromatic nitrogens is 1. The number of ether oxygens (including phenoxy) is 2. The number of halogens is 1. The van der Waals surface area contributed by atoms with Gasteiger partial charge >= 0.3 is 0 Å². The minimum Gasteiger partial charge on any atom is -0.472 e. The summed E-state index contributed by atoms with van der Waals surface area (Å²) in [7, 11) is 3.47. The van der Waals surface area contributed by atoms with Gasteiger partial charge in [0.25, 0.3) is 5.91 Å². The van der Waals surface area contributed by atoms with E-state index in [4.69, 9.17) is 9.47 Å². The van der Waals surface area contributed by atoms with E-state index < -0.39 is 0 Å². The molecule has 0 aliphatic carbocycles. The van der Waals surface area contributed by atoms with E-state index in [1.807, 2.05) is 31.9 Å². The molecule has 0 saturated heterocycles. The van der Waals surface area contributed by atoms with Gasteiger partial charge in [-0.1, -0.05) is 37.0 Å². The zero-order chi connectivity index (χ0) is 24.7. The Morgan fingerprint density at radius 1 is 1.41 bits per heavy atom. The van der Waals surface area contributed by atoms with Crippen LogP contribution in [0.4, 0.5) is 4.39 Å². The van der Waals surface area contributed by atoms with E-state index in [0.29, 0.717) is 36.3 Å². The molecule has 1 amide bonds. The Kier molecular flexibility index (Phi) is 8.99. The minimum absolute atomic E-state index is 0.0582. The summed E-state index contributed by atoms with van der Waals surface area (Å²) in [6.07, 6.45) is 1.26. The Labute approximate surface area is 200 Å². The third-order valence-corrected chi connectivity index (χ3v) is 5.86. The molecule has 0 unspecified atom stereocenters. The van der Waals surface area contributed by atoms with Crippen molar-refractivity contribution in [1.82, 2.24) is 14.8 Å². The van der Waals surface area contributed by atoms with Crippen LogP contribution >= 0.6 is 0 Å². The molecule has 0 fully saturated rings. The van der Waals surface area contributed by atoms with Crippen LogP contribution in [0.1, 0.15) is 35.3 Å². The molecule has 3 atom stereocenters. The van der Waals surface area contributed by atoms with Crippen molar-refractivity contribution in [2.45, 2.75) is 32.5 Å². The summed E-state index contributed by atoms with van der Waals surface area (Å²) >= 11 is 0. The number of fused-ring (bicyclic) bond motifs is 1. The molecular weight excluding hydrogens is 437 g/mol. The molecule has 3 rings (SSSR count). The van der Waals surface area contributed by atoms with Gasteiger partial charge < -0.3 is 19.5 Å². The average Bonchev–Trinajstić information content (AvgIpc) is 2.82. The summed E-state index contributed by atoms with van der Waals surface area (Å²) in [6.45, 7) is 5.24. The Bertz CT molecular complexity index is 1050. The smallest absolute Gasteiger partial charge is 0.259 e. The van der Waals surface area contributed by atoms with Crippen LogP contribution in [0.15, 0.2) is 36.5 Å². The maximum absolute atomic E-state index is 14.1. The topological polar surface area (TPSA) is 75.1 Å². The first-order chi connectivity index (χ1) is 16.3. The molecular formula is C26H32FN3O4. The van der Waals surface area contributed by atoms with E-state index in [1.54, 1.807) is 36.4 Å². The van der Waals surface area contributed by atoms with Crippen molar-refractivity contribution in [2.24, 2.45) is 5.92 Å². The van der Waals surface area contributed by atoms with Crippen molar-refractivity contribution in [3.63, 3.8) is 0 Å². The quantitative estimate of drug-likeness (QED) is 0.629. The van der Waals surface area contributed by atoms with Crippen LogP contribution in [0, 0.1) is 23.6 Å². The zero-order valence-electron chi connectivity index (χ0n) is 20.1. The summed E-state index contributed by atoms with van der Waals surface area (Å²) in [5, 5.41) is 9.78. The lowest BCUT2D eigenvalue weighted by molar-refractivity contribution is 0.0324. The summed E-state index contributed by atoms with van der Waals surface area (Å²) in [5.41, 5.74) is 1.48. The molecule has 0 bridgehead atoms. The summed E-state index contributed by atoms with van der Waals surface area (Å²) in [6, 6.07) is 7.99. The largest absolute Gasteiger partial charge is 0.472 e. The first kappa shape index (κ1) is 25.6. The Balaban J connectivity index is 1.90. The predicted octanol–water partition coefficient (Wildman–Crippen LogP) is 2.57. The van der Waals surface area contributed by atoms with E-state index >= 15 is 0 Å². The predicted molar refractivity (Wildman–Crippen MR) is 127 cm³/mol. The molecule has 1 N–H and O–H groups in total. The number of benzene rings is 1. The Morgan fingerprint density at radius 2 is 2.18 bits per heavy atom. The number of hydrogen-bond donors (Lipinski definition) is 1. The van der Waals surface area contributed by atoms with Crippen LogP contribution in [0.2, 0.25) is 0 Å². The number of aliphatic hydroxyl groups excluding tert-OH is 1. The molecule has 1 aliphatic heterocycles. The molecule has 1 aliphatic rings. The molecule has 0 radical (unpaired) electrons. The number of amides is 1. The van der Waals surface area contributed by atoms with Gasteiger partial charge in [0.05, 0.1) is 12.6 Å². The molecule has 2 aromatic rings. The van der Waals surface area contributed by atoms with Gasteiger partial charge in [-0.25, -0.2) is 9.37 Å². The fourth-order valence-corrected chi connectivity index (χ4v) is 3.89. The van der Waals surface area contributed by atoms with Crippen molar-refractivity contribution in [3.05, 3.63) is 59.0 Å². The number of nitrogens with zero attached hydrogens (tertiary/aromatic N) is 3. The van der Waals surface area contributed by atoms with Gasteiger partial charge in [-0.2, -0.15) is 0 Å². The Morgan fingerprint density at radius 3 is 2.88 bits per heavy atom. The maximum Gasteiger partial charge on any atom is 0.259 e. The lowest BCUT2D eigenvalue weighted by Gasteiger charge is -2.37. The lowest BCUT2D eigenvalue weighted by atomic mass is 9.99. The summed E-state index contributed by atoms with van der Waals surface area (Å²) < 4.78 is 25.4. The highest BCUT2D eigenvalue weighted by atomic mass is 19.1. The zero-order valence-corrected chi connectivity index (χ0v) is 20.1. The third kappa shape index (κ3) is 6.32. The van der Waals surface area contributed by atoms with Gasteiger partial charge in [-0.15, -0.1) is 0 Å². The van der Waals surface area contributed by atoms with E-state index in [-0.39, 0.29) is 48.9 Å². The van der Waals surface area contributed by atoms with Crippen LogP contribution < -0.4 is 4.74 Å². The van der Waals surface area contributed by atoms with Crippen LogP contribution in [0.3, 0.4) is 0 Å². The molecule has 34 heavy (non-hydrogen) atoms. The number of methoxy groups -OCH3 is 1. The summed E-state index contributed by atoms with van der Waals surface area (Å²) in [5.74, 6) is 5.46. The van der Waals surface area contributed by atoms with Crippen LogP contribution in [0.25, 0.3) is 0 Å². The van der Waals surface area contributed by atoms with Gasteiger partial charge in [0.1, 0.15) is 24.1 Å². The molecule has 0 spiro atoms. The minimum atomic E-state index is -0.374. The average molecular weight is 470 g/mol.